The highest BCUT2D eigenvalue weighted by Gasteiger charge is 2.16. The van der Waals surface area contributed by atoms with Gasteiger partial charge in [0, 0.05) is 12.6 Å². The number of aryl methyl sites for hydroxylation is 2. The normalized spacial score (nSPS) is 15.4. The summed E-state index contributed by atoms with van der Waals surface area (Å²) in [6.45, 7) is 6.83. The third-order valence-electron chi connectivity index (χ3n) is 5.25. The number of likely N-dealkylation sites (tertiary alicyclic amines) is 1. The number of rotatable bonds is 7. The molecule has 2 heterocycles. The summed E-state index contributed by atoms with van der Waals surface area (Å²) in [5, 5.41) is 10.6. The Labute approximate surface area is 175 Å². The minimum Gasteiger partial charge on any atom is -0.491 e. The molecular weight excluding hydrogens is 382 g/mol. The first-order chi connectivity index (χ1) is 14.5. The van der Waals surface area contributed by atoms with Crippen LogP contribution in [0.3, 0.4) is 0 Å². The van der Waals surface area contributed by atoms with Gasteiger partial charge in [0.05, 0.1) is 5.39 Å². The number of hydrogen-bond acceptors (Lipinski definition) is 6. The predicted molar refractivity (Wildman–Crippen MR) is 116 cm³/mol. The standard InChI is InChI=1S/C24H27NO5/c1-16-9-17(2)11-20(10-16)30-23-15-29-22-12-19(5-6-21(22)24(23)27)28-14-18(26)13-25-7-3-4-8-25/h5-6,9-12,15,18,26H,3-4,7-8,13-14H2,1-2H3/t18-/m1/s1. The smallest absolute Gasteiger partial charge is 0.235 e. The fourth-order valence-electron chi connectivity index (χ4n) is 3.88. The molecule has 158 valence electrons. The van der Waals surface area contributed by atoms with Crippen LogP contribution >= 0.6 is 0 Å². The van der Waals surface area contributed by atoms with Gasteiger partial charge in [-0.2, -0.15) is 0 Å². The number of benzene rings is 2. The van der Waals surface area contributed by atoms with E-state index in [9.17, 15) is 9.90 Å². The molecule has 0 spiro atoms. The molecule has 4 rings (SSSR count). The van der Waals surface area contributed by atoms with Crippen molar-refractivity contribution in [2.24, 2.45) is 0 Å². The van der Waals surface area contributed by atoms with Crippen LogP contribution < -0.4 is 14.9 Å². The summed E-state index contributed by atoms with van der Waals surface area (Å²) in [5.41, 5.74) is 2.29. The van der Waals surface area contributed by atoms with Crippen LogP contribution in [0.4, 0.5) is 0 Å². The highest BCUT2D eigenvalue weighted by molar-refractivity contribution is 5.79. The quantitative estimate of drug-likeness (QED) is 0.635. The number of β-amino-alcohol motifs (C(OH)–C–C–N with tert-alkyl or cyclic N) is 1. The molecule has 0 radical (unpaired) electrons. The van der Waals surface area contributed by atoms with Gasteiger partial charge in [-0.25, -0.2) is 0 Å². The van der Waals surface area contributed by atoms with Crippen molar-refractivity contribution in [1.82, 2.24) is 4.90 Å². The first kappa shape index (κ1) is 20.4. The third kappa shape index (κ3) is 4.83. The van der Waals surface area contributed by atoms with E-state index in [1.54, 1.807) is 18.2 Å². The lowest BCUT2D eigenvalue weighted by atomic mass is 10.1. The Kier molecular flexibility index (Phi) is 6.06. The van der Waals surface area contributed by atoms with Crippen LogP contribution in [0.15, 0.2) is 51.9 Å². The molecule has 1 saturated heterocycles. The summed E-state index contributed by atoms with van der Waals surface area (Å²) < 4.78 is 17.1. The van der Waals surface area contributed by atoms with Crippen molar-refractivity contribution in [2.45, 2.75) is 32.8 Å². The Morgan fingerprint density at radius 1 is 1.07 bits per heavy atom. The van der Waals surface area contributed by atoms with Gasteiger partial charge >= 0.3 is 0 Å². The summed E-state index contributed by atoms with van der Waals surface area (Å²) in [6, 6.07) is 10.8. The Morgan fingerprint density at radius 2 is 1.80 bits per heavy atom. The van der Waals surface area contributed by atoms with Crippen molar-refractivity contribution >= 4 is 11.0 Å². The van der Waals surface area contributed by atoms with Gasteiger partial charge in [0.1, 0.15) is 36.1 Å². The molecule has 2 aromatic carbocycles. The first-order valence-electron chi connectivity index (χ1n) is 10.3. The number of aliphatic hydroxyl groups excluding tert-OH is 1. The van der Waals surface area contributed by atoms with Crippen molar-refractivity contribution in [3.8, 4) is 17.2 Å². The SMILES string of the molecule is Cc1cc(C)cc(Oc2coc3cc(OC[C@H](O)CN4CCCC4)ccc3c2=O)c1. The number of ether oxygens (including phenoxy) is 2. The van der Waals surface area contributed by atoms with Crippen LogP contribution in [0.5, 0.6) is 17.2 Å². The van der Waals surface area contributed by atoms with E-state index >= 15 is 0 Å². The fraction of sp³-hybridized carbons (Fsp3) is 0.375. The lowest BCUT2D eigenvalue weighted by Crippen LogP contribution is -2.33. The Morgan fingerprint density at radius 3 is 2.53 bits per heavy atom. The Balaban J connectivity index is 1.46. The molecule has 30 heavy (non-hydrogen) atoms. The van der Waals surface area contributed by atoms with Crippen LogP contribution in [0.25, 0.3) is 11.0 Å². The van der Waals surface area contributed by atoms with Crippen LogP contribution in [0.2, 0.25) is 0 Å². The molecule has 6 heteroatoms. The topological polar surface area (TPSA) is 72.1 Å². The van der Waals surface area contributed by atoms with Crippen molar-refractivity contribution in [3.63, 3.8) is 0 Å². The molecule has 0 aliphatic carbocycles. The molecule has 1 aromatic heterocycles. The van der Waals surface area contributed by atoms with E-state index < -0.39 is 6.10 Å². The summed E-state index contributed by atoms with van der Waals surface area (Å²) >= 11 is 0. The summed E-state index contributed by atoms with van der Waals surface area (Å²) in [5.74, 6) is 1.29. The van der Waals surface area contributed by atoms with E-state index in [0.29, 0.717) is 29.0 Å². The van der Waals surface area contributed by atoms with E-state index in [2.05, 4.69) is 4.90 Å². The highest BCUT2D eigenvalue weighted by atomic mass is 16.5. The Hall–Kier alpha value is -2.83. The molecule has 1 aliphatic rings. The van der Waals surface area contributed by atoms with Gasteiger partial charge in [-0.3, -0.25) is 4.79 Å². The van der Waals surface area contributed by atoms with E-state index in [1.165, 1.54) is 19.1 Å². The number of nitrogens with zero attached hydrogens (tertiary/aromatic N) is 1. The third-order valence-corrected chi connectivity index (χ3v) is 5.25. The molecule has 1 fully saturated rings. The molecule has 6 nitrogen and oxygen atoms in total. The van der Waals surface area contributed by atoms with Gasteiger partial charge in [-0.05, 0) is 75.2 Å². The molecule has 1 aliphatic heterocycles. The zero-order chi connectivity index (χ0) is 21.1. The second-order valence-corrected chi connectivity index (χ2v) is 7.99. The molecule has 0 saturated carbocycles. The largest absolute Gasteiger partial charge is 0.491 e. The van der Waals surface area contributed by atoms with E-state index in [4.69, 9.17) is 13.9 Å². The molecule has 0 bridgehead atoms. The van der Waals surface area contributed by atoms with Crippen molar-refractivity contribution in [1.29, 1.82) is 0 Å². The Bertz CT molecular complexity index is 1060. The lowest BCUT2D eigenvalue weighted by Gasteiger charge is -2.19. The van der Waals surface area contributed by atoms with Crippen molar-refractivity contribution in [3.05, 3.63) is 64.0 Å². The van der Waals surface area contributed by atoms with Gasteiger partial charge in [0.2, 0.25) is 11.2 Å². The maximum Gasteiger partial charge on any atom is 0.235 e. The molecule has 0 unspecified atom stereocenters. The monoisotopic (exact) mass is 409 g/mol. The summed E-state index contributed by atoms with van der Waals surface area (Å²) in [6.07, 6.45) is 3.15. The average molecular weight is 409 g/mol. The van der Waals surface area contributed by atoms with E-state index in [1.807, 2.05) is 32.0 Å². The highest BCUT2D eigenvalue weighted by Crippen LogP contribution is 2.25. The number of aliphatic hydroxyl groups is 1. The van der Waals surface area contributed by atoms with Crippen LogP contribution in [0.1, 0.15) is 24.0 Å². The lowest BCUT2D eigenvalue weighted by molar-refractivity contribution is 0.0758. The van der Waals surface area contributed by atoms with Gasteiger partial charge in [-0.15, -0.1) is 0 Å². The number of fused-ring (bicyclic) bond motifs is 1. The molecular formula is C24H27NO5. The van der Waals surface area contributed by atoms with Crippen LogP contribution in [-0.4, -0.2) is 42.4 Å². The summed E-state index contributed by atoms with van der Waals surface area (Å²) in [7, 11) is 0. The van der Waals surface area contributed by atoms with Crippen LogP contribution in [0, 0.1) is 13.8 Å². The minimum absolute atomic E-state index is 0.141. The summed E-state index contributed by atoms with van der Waals surface area (Å²) in [4.78, 5) is 15.0. The molecule has 3 aromatic rings. The molecule has 0 amide bonds. The fourth-order valence-corrected chi connectivity index (χ4v) is 3.88. The maximum absolute atomic E-state index is 12.8. The second-order valence-electron chi connectivity index (χ2n) is 7.99. The number of hydrogen-bond donors (Lipinski definition) is 1. The minimum atomic E-state index is -0.556. The molecule has 1 atom stereocenters. The van der Waals surface area contributed by atoms with Gasteiger partial charge in [0.25, 0.3) is 0 Å². The van der Waals surface area contributed by atoms with Crippen molar-refractivity contribution < 1.29 is 19.0 Å². The molecule has 1 N–H and O–H groups in total. The second kappa shape index (κ2) is 8.90. The van der Waals surface area contributed by atoms with Crippen LogP contribution in [-0.2, 0) is 0 Å². The predicted octanol–water partition coefficient (Wildman–Crippen LogP) is 4.04. The first-order valence-corrected chi connectivity index (χ1v) is 10.3. The zero-order valence-corrected chi connectivity index (χ0v) is 17.4. The van der Waals surface area contributed by atoms with Gasteiger partial charge in [-0.1, -0.05) is 6.07 Å². The maximum atomic E-state index is 12.8. The van der Waals surface area contributed by atoms with Crippen molar-refractivity contribution in [2.75, 3.05) is 26.2 Å². The average Bonchev–Trinajstić information content (AvgIpc) is 3.21. The van der Waals surface area contributed by atoms with Gasteiger partial charge < -0.3 is 23.9 Å². The van der Waals surface area contributed by atoms with Gasteiger partial charge in [0.15, 0.2) is 0 Å². The zero-order valence-electron chi connectivity index (χ0n) is 17.4. The van der Waals surface area contributed by atoms with E-state index in [0.717, 1.165) is 24.2 Å². The van der Waals surface area contributed by atoms with E-state index in [-0.39, 0.29) is 17.8 Å².